The number of hydrogen-bond donors (Lipinski definition) is 0. The maximum Gasteiger partial charge on any atom is 0.306 e. The lowest BCUT2D eigenvalue weighted by atomic mass is 10.1. The van der Waals surface area contributed by atoms with Crippen LogP contribution in [0.3, 0.4) is 0 Å². The molecule has 2 unspecified atom stereocenters. The minimum atomic E-state index is -1.13. The second-order valence-corrected chi connectivity index (χ2v) is 13.5. The second-order valence-electron chi connectivity index (χ2n) is 13.5. The highest BCUT2D eigenvalue weighted by molar-refractivity contribution is 5.70. The summed E-state index contributed by atoms with van der Waals surface area (Å²) < 4.78 is 17.0. The van der Waals surface area contributed by atoms with E-state index in [0.29, 0.717) is 12.8 Å². The first-order chi connectivity index (χ1) is 21.6. The maximum absolute atomic E-state index is 12.6. The van der Waals surface area contributed by atoms with Gasteiger partial charge in [-0.3, -0.25) is 9.59 Å². The van der Waals surface area contributed by atoms with Gasteiger partial charge in [0.2, 0.25) is 0 Å². The Bertz CT molecular complexity index is 762. The Balaban J connectivity index is 4.44. The van der Waals surface area contributed by atoms with E-state index >= 15 is 0 Å². The molecular formula is C37H69NO7. The molecule has 0 aliphatic heterocycles. The molecule has 0 radical (unpaired) electrons. The number of unbranched alkanes of at least 4 members (excludes halogenated alkanes) is 16. The molecule has 0 fully saturated rings. The third-order valence-electron chi connectivity index (χ3n) is 8.15. The number of rotatable bonds is 32. The van der Waals surface area contributed by atoms with E-state index in [1.165, 1.54) is 70.6 Å². The van der Waals surface area contributed by atoms with Crippen molar-refractivity contribution < 1.29 is 38.2 Å². The first-order valence-electron chi connectivity index (χ1n) is 18.2. The van der Waals surface area contributed by atoms with Crippen LogP contribution in [0.2, 0.25) is 0 Å². The Kier molecular flexibility index (Phi) is 28.2. The molecule has 45 heavy (non-hydrogen) atoms. The lowest BCUT2D eigenvalue weighted by molar-refractivity contribution is -0.889. The Morgan fingerprint density at radius 1 is 0.644 bits per heavy atom. The number of allylic oxidation sites excluding steroid dienone is 2. The van der Waals surface area contributed by atoms with Gasteiger partial charge in [0.15, 0.2) is 6.10 Å². The van der Waals surface area contributed by atoms with Gasteiger partial charge in [0.1, 0.15) is 12.6 Å². The molecule has 8 heteroatoms. The third kappa shape index (κ3) is 28.1. The molecule has 0 aliphatic carbocycles. The van der Waals surface area contributed by atoms with Crippen molar-refractivity contribution in [3.05, 3.63) is 12.2 Å². The van der Waals surface area contributed by atoms with E-state index in [1.54, 1.807) is 21.1 Å². The zero-order valence-corrected chi connectivity index (χ0v) is 29.8. The van der Waals surface area contributed by atoms with Crippen molar-refractivity contribution in [1.29, 1.82) is 0 Å². The van der Waals surface area contributed by atoms with Crippen LogP contribution in [0.1, 0.15) is 155 Å². The van der Waals surface area contributed by atoms with Crippen LogP contribution in [-0.4, -0.2) is 75.5 Å². The molecule has 0 rings (SSSR count). The molecular weight excluding hydrogens is 570 g/mol. The molecule has 0 bridgehead atoms. The van der Waals surface area contributed by atoms with Gasteiger partial charge in [0.25, 0.3) is 0 Å². The highest BCUT2D eigenvalue weighted by Crippen LogP contribution is 2.13. The summed E-state index contributed by atoms with van der Waals surface area (Å²) in [6.45, 7) is 4.59. The standard InChI is InChI=1S/C37H69NO7/c1-6-8-10-12-14-16-17-18-20-21-23-25-27-35(39)44-32-33(31-43-30-29-34(37(41)42)38(3,4)5)45-36(40)28-26-24-22-19-15-13-11-9-7-2/h14,16,33-34H,6-13,15,17-32H2,1-5H3/b16-14+. The molecule has 0 aliphatic rings. The minimum absolute atomic E-state index is 0.0424. The predicted octanol–water partition coefficient (Wildman–Crippen LogP) is 7.46. The fourth-order valence-electron chi connectivity index (χ4n) is 5.24. The summed E-state index contributed by atoms with van der Waals surface area (Å²) in [5.41, 5.74) is 0. The predicted molar refractivity (Wildman–Crippen MR) is 181 cm³/mol. The summed E-state index contributed by atoms with van der Waals surface area (Å²) in [4.78, 5) is 36.5. The van der Waals surface area contributed by atoms with Gasteiger partial charge in [-0.25, -0.2) is 0 Å². The normalized spacial score (nSPS) is 13.2. The van der Waals surface area contributed by atoms with Crippen molar-refractivity contribution in [2.75, 3.05) is 41.0 Å². The van der Waals surface area contributed by atoms with E-state index in [-0.39, 0.29) is 42.7 Å². The molecule has 264 valence electrons. The summed E-state index contributed by atoms with van der Waals surface area (Å²) in [6, 6.07) is -0.720. The number of carboxylic acid groups (broad SMARTS) is 1. The summed E-state index contributed by atoms with van der Waals surface area (Å²) in [6.07, 6.45) is 26.6. The fourth-order valence-corrected chi connectivity index (χ4v) is 5.24. The van der Waals surface area contributed by atoms with E-state index < -0.39 is 18.1 Å². The van der Waals surface area contributed by atoms with Crippen molar-refractivity contribution in [3.8, 4) is 0 Å². The van der Waals surface area contributed by atoms with Crippen LogP contribution in [0.4, 0.5) is 0 Å². The zero-order chi connectivity index (χ0) is 33.6. The van der Waals surface area contributed by atoms with Crippen LogP contribution in [0.25, 0.3) is 0 Å². The number of carbonyl (C=O) groups excluding carboxylic acids is 3. The number of carboxylic acids is 1. The van der Waals surface area contributed by atoms with Crippen LogP contribution in [0, 0.1) is 0 Å². The molecule has 0 saturated heterocycles. The molecule has 0 N–H and O–H groups in total. The molecule has 0 aromatic heterocycles. The Labute approximate surface area is 276 Å². The summed E-state index contributed by atoms with van der Waals surface area (Å²) in [5.74, 6) is -1.75. The van der Waals surface area contributed by atoms with Crippen molar-refractivity contribution in [2.24, 2.45) is 0 Å². The van der Waals surface area contributed by atoms with Gasteiger partial charge in [-0.2, -0.15) is 0 Å². The number of esters is 2. The van der Waals surface area contributed by atoms with Gasteiger partial charge in [0, 0.05) is 19.3 Å². The molecule has 0 spiro atoms. The van der Waals surface area contributed by atoms with Crippen LogP contribution in [-0.2, 0) is 28.6 Å². The number of hydrogen-bond acceptors (Lipinski definition) is 7. The smallest absolute Gasteiger partial charge is 0.306 e. The van der Waals surface area contributed by atoms with Gasteiger partial charge in [-0.15, -0.1) is 0 Å². The number of carbonyl (C=O) groups is 3. The van der Waals surface area contributed by atoms with Gasteiger partial charge in [-0.05, 0) is 38.5 Å². The van der Waals surface area contributed by atoms with Gasteiger partial charge in [-0.1, -0.05) is 109 Å². The number of quaternary nitrogens is 1. The average Bonchev–Trinajstić information content (AvgIpc) is 2.98. The topological polar surface area (TPSA) is 102 Å². The van der Waals surface area contributed by atoms with E-state index in [9.17, 15) is 19.5 Å². The molecule has 0 aromatic rings. The van der Waals surface area contributed by atoms with Gasteiger partial charge >= 0.3 is 11.9 Å². The number of likely N-dealkylation sites (N-methyl/N-ethyl adjacent to an activating group) is 1. The van der Waals surface area contributed by atoms with Gasteiger partial charge in [0.05, 0.1) is 40.3 Å². The van der Waals surface area contributed by atoms with E-state index in [0.717, 1.165) is 51.4 Å². The van der Waals surface area contributed by atoms with Crippen molar-refractivity contribution in [2.45, 2.75) is 167 Å². The van der Waals surface area contributed by atoms with Crippen LogP contribution >= 0.6 is 0 Å². The largest absolute Gasteiger partial charge is 0.544 e. The molecule has 0 amide bonds. The van der Waals surface area contributed by atoms with Crippen molar-refractivity contribution >= 4 is 17.9 Å². The van der Waals surface area contributed by atoms with E-state index in [4.69, 9.17) is 14.2 Å². The SMILES string of the molecule is CCCCC/C=C/CCCCCCCC(=O)OCC(COCCC(C(=O)[O-])[N+](C)(C)C)OC(=O)CCCCCCCCCCC. The minimum Gasteiger partial charge on any atom is -0.544 e. The quantitative estimate of drug-likeness (QED) is 0.0326. The molecule has 8 nitrogen and oxygen atoms in total. The number of nitrogens with zero attached hydrogens (tertiary/aromatic N) is 1. The maximum atomic E-state index is 12.6. The Hall–Kier alpha value is -1.93. The van der Waals surface area contributed by atoms with E-state index in [2.05, 4.69) is 26.0 Å². The molecule has 2 atom stereocenters. The lowest BCUT2D eigenvalue weighted by Gasteiger charge is -2.34. The summed E-state index contributed by atoms with van der Waals surface area (Å²) >= 11 is 0. The third-order valence-corrected chi connectivity index (χ3v) is 8.15. The fraction of sp³-hybridized carbons (Fsp3) is 0.865. The summed E-state index contributed by atoms with van der Waals surface area (Å²) in [7, 11) is 5.39. The van der Waals surface area contributed by atoms with Crippen LogP contribution in [0.5, 0.6) is 0 Å². The highest BCUT2D eigenvalue weighted by Gasteiger charge is 2.25. The Morgan fingerprint density at radius 3 is 1.64 bits per heavy atom. The highest BCUT2D eigenvalue weighted by atomic mass is 16.6. The Morgan fingerprint density at radius 2 is 1.11 bits per heavy atom. The summed E-state index contributed by atoms with van der Waals surface area (Å²) in [5, 5.41) is 11.5. The molecule has 0 saturated carbocycles. The van der Waals surface area contributed by atoms with E-state index in [1.807, 2.05) is 0 Å². The number of aliphatic carboxylic acids is 1. The first kappa shape index (κ1) is 43.1. The lowest BCUT2D eigenvalue weighted by Crippen LogP contribution is -2.55. The average molecular weight is 640 g/mol. The van der Waals surface area contributed by atoms with Gasteiger partial charge < -0.3 is 28.6 Å². The van der Waals surface area contributed by atoms with Crippen molar-refractivity contribution in [3.63, 3.8) is 0 Å². The number of ether oxygens (including phenoxy) is 3. The molecule has 0 aromatic carbocycles. The molecule has 0 heterocycles. The van der Waals surface area contributed by atoms with Crippen molar-refractivity contribution in [1.82, 2.24) is 0 Å². The second kappa shape index (κ2) is 29.5. The first-order valence-corrected chi connectivity index (χ1v) is 18.2. The zero-order valence-electron chi connectivity index (χ0n) is 29.8. The van der Waals surface area contributed by atoms with Crippen LogP contribution in [0.15, 0.2) is 12.2 Å². The monoisotopic (exact) mass is 640 g/mol. The van der Waals surface area contributed by atoms with Crippen LogP contribution < -0.4 is 5.11 Å².